The average Bonchev–Trinajstić information content (AvgIpc) is 2.63. The molecule has 5 nitrogen and oxygen atoms in total. The number of carbonyl (C=O) groups is 1. The molecule has 0 aliphatic heterocycles. The number of alkyl halides is 3. The van der Waals surface area contributed by atoms with Crippen LogP contribution >= 0.6 is 0 Å². The van der Waals surface area contributed by atoms with Crippen molar-refractivity contribution in [2.75, 3.05) is 5.32 Å². The van der Waals surface area contributed by atoms with E-state index in [1.54, 1.807) is 0 Å². The lowest BCUT2D eigenvalue weighted by Gasteiger charge is -2.30. The van der Waals surface area contributed by atoms with Gasteiger partial charge >= 0.3 is 12.1 Å². The van der Waals surface area contributed by atoms with Crippen molar-refractivity contribution in [1.29, 1.82) is 0 Å². The van der Waals surface area contributed by atoms with E-state index in [9.17, 15) is 18.0 Å². The van der Waals surface area contributed by atoms with Crippen LogP contribution in [0.15, 0.2) is 6.33 Å². The quantitative estimate of drug-likeness (QED) is 0.839. The van der Waals surface area contributed by atoms with Crippen LogP contribution in [0.1, 0.15) is 37.4 Å². The first-order valence-electron chi connectivity index (χ1n) is 6.67. The molecule has 0 bridgehead atoms. The maximum atomic E-state index is 13.1. The zero-order valence-electron chi connectivity index (χ0n) is 11.5. The van der Waals surface area contributed by atoms with Gasteiger partial charge in [0.25, 0.3) is 0 Å². The molecule has 1 unspecified atom stereocenters. The monoisotopic (exact) mass is 303 g/mol. The number of hydrogen-bond donors (Lipinski definition) is 2. The molecule has 2 rings (SSSR count). The summed E-state index contributed by atoms with van der Waals surface area (Å²) in [5.74, 6) is -2.03. The molecule has 2 N–H and O–H groups in total. The minimum atomic E-state index is -4.94. The van der Waals surface area contributed by atoms with Crippen LogP contribution in [0, 0.1) is 0 Å². The van der Waals surface area contributed by atoms with E-state index in [1.807, 2.05) is 0 Å². The Labute approximate surface area is 119 Å². The fourth-order valence-corrected chi connectivity index (χ4v) is 2.29. The van der Waals surface area contributed by atoms with Crippen molar-refractivity contribution < 1.29 is 23.1 Å². The summed E-state index contributed by atoms with van der Waals surface area (Å²) in [6, 6.07) is 0. The standard InChI is InChI=1S/C13H16F3N3O2/c1-12(11(20)21,13(14,15)16)19-10-8-5-3-2-4-6-9(8)17-7-18-10/h7H,2-6H2,1H3,(H,20,21)(H,17,18,19). The molecule has 1 aliphatic carbocycles. The van der Waals surface area contributed by atoms with E-state index in [2.05, 4.69) is 15.3 Å². The SMILES string of the molecule is CC(Nc1ncnc2c1CCCCC2)(C(=O)O)C(F)(F)F. The maximum Gasteiger partial charge on any atom is 0.422 e. The van der Waals surface area contributed by atoms with Crippen LogP contribution in [0.5, 0.6) is 0 Å². The number of rotatable bonds is 3. The van der Waals surface area contributed by atoms with Gasteiger partial charge in [0.1, 0.15) is 12.1 Å². The Kier molecular flexibility index (Phi) is 4.06. The van der Waals surface area contributed by atoms with Crippen LogP contribution in [0.25, 0.3) is 0 Å². The first-order valence-corrected chi connectivity index (χ1v) is 6.67. The summed E-state index contributed by atoms with van der Waals surface area (Å²) in [5.41, 5.74) is -1.80. The van der Waals surface area contributed by atoms with Crippen LogP contribution in [-0.4, -0.2) is 32.8 Å². The lowest BCUT2D eigenvalue weighted by molar-refractivity contribution is -0.193. The predicted octanol–water partition coefficient (Wildman–Crippen LogP) is 2.56. The second-order valence-electron chi connectivity index (χ2n) is 5.26. The number of halogens is 3. The fraction of sp³-hybridized carbons (Fsp3) is 0.615. The van der Waals surface area contributed by atoms with Crippen molar-refractivity contribution in [3.05, 3.63) is 17.6 Å². The second kappa shape index (κ2) is 5.50. The summed E-state index contributed by atoms with van der Waals surface area (Å²) in [5, 5.41) is 11.0. The van der Waals surface area contributed by atoms with E-state index in [4.69, 9.17) is 5.11 Å². The Balaban J connectivity index is 2.41. The molecule has 0 saturated carbocycles. The van der Waals surface area contributed by atoms with Gasteiger partial charge in [-0.2, -0.15) is 13.2 Å². The molecule has 1 atom stereocenters. The molecule has 0 aromatic carbocycles. The number of anilines is 1. The molecule has 8 heteroatoms. The number of nitrogens with zero attached hydrogens (tertiary/aromatic N) is 2. The number of aryl methyl sites for hydroxylation is 1. The van der Waals surface area contributed by atoms with E-state index in [0.717, 1.165) is 19.3 Å². The maximum absolute atomic E-state index is 13.1. The molecule has 0 amide bonds. The largest absolute Gasteiger partial charge is 0.479 e. The number of hydrogen-bond acceptors (Lipinski definition) is 4. The molecule has 0 saturated heterocycles. The molecular weight excluding hydrogens is 287 g/mol. The van der Waals surface area contributed by atoms with Crippen molar-refractivity contribution in [3.8, 4) is 0 Å². The molecule has 0 fully saturated rings. The second-order valence-corrected chi connectivity index (χ2v) is 5.26. The molecule has 0 radical (unpaired) electrons. The van der Waals surface area contributed by atoms with Crippen LogP contribution in [0.2, 0.25) is 0 Å². The van der Waals surface area contributed by atoms with Gasteiger partial charge in [0.15, 0.2) is 0 Å². The Morgan fingerprint density at radius 1 is 1.24 bits per heavy atom. The fourth-order valence-electron chi connectivity index (χ4n) is 2.29. The summed E-state index contributed by atoms with van der Waals surface area (Å²) in [4.78, 5) is 19.0. The first kappa shape index (κ1) is 15.5. The zero-order valence-corrected chi connectivity index (χ0v) is 11.5. The number of carboxylic acids is 1. The van der Waals surface area contributed by atoms with Crippen LogP contribution in [0.3, 0.4) is 0 Å². The molecule has 1 aliphatic rings. The third kappa shape index (κ3) is 2.93. The average molecular weight is 303 g/mol. The Morgan fingerprint density at radius 2 is 1.90 bits per heavy atom. The number of fused-ring (bicyclic) bond motifs is 1. The van der Waals surface area contributed by atoms with E-state index < -0.39 is 17.7 Å². The predicted molar refractivity (Wildman–Crippen MR) is 69.0 cm³/mol. The molecule has 1 heterocycles. The van der Waals surface area contributed by atoms with Crippen molar-refractivity contribution in [3.63, 3.8) is 0 Å². The van der Waals surface area contributed by atoms with Crippen molar-refractivity contribution in [1.82, 2.24) is 9.97 Å². The number of nitrogens with one attached hydrogen (secondary N) is 1. The third-order valence-electron chi connectivity index (χ3n) is 3.74. The van der Waals surface area contributed by atoms with E-state index in [-0.39, 0.29) is 5.82 Å². The molecule has 0 spiro atoms. The number of aromatic nitrogens is 2. The van der Waals surface area contributed by atoms with Gasteiger partial charge in [-0.05, 0) is 32.6 Å². The van der Waals surface area contributed by atoms with Gasteiger partial charge < -0.3 is 10.4 Å². The van der Waals surface area contributed by atoms with Gasteiger partial charge in [-0.15, -0.1) is 0 Å². The number of aliphatic carboxylic acids is 1. The van der Waals surface area contributed by atoms with Gasteiger partial charge in [-0.25, -0.2) is 14.8 Å². The van der Waals surface area contributed by atoms with Gasteiger partial charge in [-0.3, -0.25) is 0 Å². The zero-order chi connectivity index (χ0) is 15.7. The molecular formula is C13H16F3N3O2. The van der Waals surface area contributed by atoms with E-state index in [1.165, 1.54) is 6.33 Å². The Bertz CT molecular complexity index is 548. The summed E-state index contributed by atoms with van der Waals surface area (Å²) in [7, 11) is 0. The third-order valence-corrected chi connectivity index (χ3v) is 3.74. The Morgan fingerprint density at radius 3 is 2.52 bits per heavy atom. The highest BCUT2D eigenvalue weighted by Crippen LogP contribution is 2.35. The highest BCUT2D eigenvalue weighted by Gasteiger charge is 2.58. The van der Waals surface area contributed by atoms with E-state index in [0.29, 0.717) is 31.0 Å². The lowest BCUT2D eigenvalue weighted by Crippen LogP contribution is -2.56. The minimum Gasteiger partial charge on any atom is -0.479 e. The lowest BCUT2D eigenvalue weighted by atomic mass is 10.0. The highest BCUT2D eigenvalue weighted by atomic mass is 19.4. The van der Waals surface area contributed by atoms with Gasteiger partial charge in [0, 0.05) is 11.3 Å². The normalized spacial score (nSPS) is 18.3. The molecule has 21 heavy (non-hydrogen) atoms. The minimum absolute atomic E-state index is 0.0378. The van der Waals surface area contributed by atoms with Crippen molar-refractivity contribution >= 4 is 11.8 Å². The molecule has 1 aromatic heterocycles. The Hall–Kier alpha value is -1.86. The smallest absolute Gasteiger partial charge is 0.422 e. The van der Waals surface area contributed by atoms with Crippen molar-refractivity contribution in [2.45, 2.75) is 50.7 Å². The van der Waals surface area contributed by atoms with Crippen molar-refractivity contribution in [2.24, 2.45) is 0 Å². The summed E-state index contributed by atoms with van der Waals surface area (Å²) < 4.78 is 39.2. The first-order chi connectivity index (χ1) is 9.75. The summed E-state index contributed by atoms with van der Waals surface area (Å²) in [6.45, 7) is 0.598. The van der Waals surface area contributed by atoms with Gasteiger partial charge in [0.2, 0.25) is 5.54 Å². The van der Waals surface area contributed by atoms with Crippen LogP contribution < -0.4 is 5.32 Å². The van der Waals surface area contributed by atoms with E-state index >= 15 is 0 Å². The van der Waals surface area contributed by atoms with Crippen LogP contribution in [0.4, 0.5) is 19.0 Å². The highest BCUT2D eigenvalue weighted by molar-refractivity contribution is 5.83. The number of carboxylic acid groups (broad SMARTS) is 1. The summed E-state index contributed by atoms with van der Waals surface area (Å²) >= 11 is 0. The van der Waals surface area contributed by atoms with Crippen LogP contribution in [-0.2, 0) is 17.6 Å². The summed E-state index contributed by atoms with van der Waals surface area (Å²) in [6.07, 6.45) is 0.149. The molecule has 1 aromatic rings. The van der Waals surface area contributed by atoms with Gasteiger partial charge in [-0.1, -0.05) is 6.42 Å². The van der Waals surface area contributed by atoms with Gasteiger partial charge in [0.05, 0.1) is 0 Å². The topological polar surface area (TPSA) is 75.1 Å². The molecule has 116 valence electrons.